The van der Waals surface area contributed by atoms with E-state index in [1.807, 2.05) is 0 Å². The van der Waals surface area contributed by atoms with E-state index in [4.69, 9.17) is 10.7 Å². The van der Waals surface area contributed by atoms with Gasteiger partial charge in [0.1, 0.15) is 5.82 Å². The van der Waals surface area contributed by atoms with E-state index in [0.29, 0.717) is 12.5 Å². The lowest BCUT2D eigenvalue weighted by atomic mass is 10.1. The Morgan fingerprint density at radius 1 is 1.33 bits per heavy atom. The van der Waals surface area contributed by atoms with Crippen molar-refractivity contribution in [3.63, 3.8) is 0 Å². The first kappa shape index (κ1) is 11.5. The van der Waals surface area contributed by atoms with Gasteiger partial charge in [0, 0.05) is 18.0 Å². The van der Waals surface area contributed by atoms with Crippen molar-refractivity contribution >= 4 is 0 Å². The normalized spacial score (nSPS) is 15.1. The monoisotopic (exact) mass is 241 g/mol. The topological polar surface area (TPSA) is 54.7 Å². The second-order valence-electron chi connectivity index (χ2n) is 5.25. The molecule has 2 aromatic rings. The van der Waals surface area contributed by atoms with Gasteiger partial charge < -0.3 is 10.7 Å². The molecule has 1 aromatic carbocycles. The smallest absolute Gasteiger partial charge is 0.138 e. The molecule has 0 saturated heterocycles. The average Bonchev–Trinajstić information content (AvgIpc) is 3.12. The van der Waals surface area contributed by atoms with Gasteiger partial charge in [0.25, 0.3) is 0 Å². The first-order valence-corrected chi connectivity index (χ1v) is 6.55. The van der Waals surface area contributed by atoms with Crippen molar-refractivity contribution < 1.29 is 0 Å². The van der Waals surface area contributed by atoms with Crippen molar-refractivity contribution in [2.24, 2.45) is 5.73 Å². The number of aryl methyl sites for hydroxylation is 2. The van der Waals surface area contributed by atoms with E-state index < -0.39 is 0 Å². The molecule has 18 heavy (non-hydrogen) atoms. The number of hydrogen-bond acceptors (Lipinski definition) is 2. The van der Waals surface area contributed by atoms with Gasteiger partial charge in [-0.1, -0.05) is 17.7 Å². The molecule has 0 amide bonds. The predicted molar refractivity (Wildman–Crippen MR) is 73.4 cm³/mol. The lowest BCUT2D eigenvalue weighted by Crippen LogP contribution is -1.99. The zero-order valence-corrected chi connectivity index (χ0v) is 11.0. The second kappa shape index (κ2) is 4.25. The lowest BCUT2D eigenvalue weighted by Gasteiger charge is -2.03. The molecule has 1 fully saturated rings. The highest BCUT2D eigenvalue weighted by molar-refractivity contribution is 5.62. The van der Waals surface area contributed by atoms with Crippen LogP contribution in [-0.2, 0) is 6.54 Å². The molecular weight excluding hydrogens is 222 g/mol. The molecule has 1 heterocycles. The van der Waals surface area contributed by atoms with Gasteiger partial charge in [-0.2, -0.15) is 0 Å². The Bertz CT molecular complexity index is 579. The summed E-state index contributed by atoms with van der Waals surface area (Å²) in [6, 6.07) is 6.46. The molecule has 3 heteroatoms. The van der Waals surface area contributed by atoms with Crippen LogP contribution in [0.1, 0.15) is 41.3 Å². The minimum atomic E-state index is 0.545. The molecular formula is C15H19N3. The summed E-state index contributed by atoms with van der Waals surface area (Å²) in [7, 11) is 0. The summed E-state index contributed by atoms with van der Waals surface area (Å²) in [4.78, 5) is 8.18. The zero-order valence-electron chi connectivity index (χ0n) is 11.0. The Morgan fingerprint density at radius 3 is 2.78 bits per heavy atom. The standard InChI is InChI=1S/C15H19N3/c1-9-3-4-10(2)12(7-9)15-17-13(8-16)14(18-15)11-5-6-11/h3-4,7,11H,5-6,8,16H2,1-2H3,(H,17,18). The molecule has 0 bridgehead atoms. The minimum Gasteiger partial charge on any atom is -0.341 e. The minimum absolute atomic E-state index is 0.545. The molecule has 0 spiro atoms. The van der Waals surface area contributed by atoms with Crippen molar-refractivity contribution in [1.29, 1.82) is 0 Å². The fraction of sp³-hybridized carbons (Fsp3) is 0.400. The van der Waals surface area contributed by atoms with Crippen molar-refractivity contribution in [1.82, 2.24) is 9.97 Å². The maximum atomic E-state index is 5.80. The van der Waals surface area contributed by atoms with Crippen LogP contribution in [0.25, 0.3) is 11.4 Å². The summed E-state index contributed by atoms with van der Waals surface area (Å²) in [5.41, 5.74) is 11.8. The third-order valence-corrected chi connectivity index (χ3v) is 3.63. The van der Waals surface area contributed by atoms with Gasteiger partial charge in [0.15, 0.2) is 0 Å². The summed E-state index contributed by atoms with van der Waals surface area (Å²) >= 11 is 0. The molecule has 1 aromatic heterocycles. The van der Waals surface area contributed by atoms with Crippen LogP contribution in [0.2, 0.25) is 0 Å². The number of rotatable bonds is 3. The number of H-pyrrole nitrogens is 1. The number of nitrogens with two attached hydrogens (primary N) is 1. The third-order valence-electron chi connectivity index (χ3n) is 3.63. The van der Waals surface area contributed by atoms with Crippen molar-refractivity contribution in [2.45, 2.75) is 39.2 Å². The van der Waals surface area contributed by atoms with Crippen LogP contribution >= 0.6 is 0 Å². The van der Waals surface area contributed by atoms with Crippen LogP contribution in [0.5, 0.6) is 0 Å². The number of aromatic amines is 1. The number of aromatic nitrogens is 2. The summed E-state index contributed by atoms with van der Waals surface area (Å²) < 4.78 is 0. The first-order valence-electron chi connectivity index (χ1n) is 6.55. The number of hydrogen-bond donors (Lipinski definition) is 2. The van der Waals surface area contributed by atoms with Crippen LogP contribution in [-0.4, -0.2) is 9.97 Å². The van der Waals surface area contributed by atoms with Gasteiger partial charge in [0.05, 0.1) is 11.4 Å². The van der Waals surface area contributed by atoms with Crippen LogP contribution in [0.15, 0.2) is 18.2 Å². The van der Waals surface area contributed by atoms with E-state index in [9.17, 15) is 0 Å². The molecule has 1 saturated carbocycles. The highest BCUT2D eigenvalue weighted by Gasteiger charge is 2.29. The Kier molecular flexibility index (Phi) is 2.71. The molecule has 3 nitrogen and oxygen atoms in total. The van der Waals surface area contributed by atoms with Crippen LogP contribution in [0.3, 0.4) is 0 Å². The van der Waals surface area contributed by atoms with Gasteiger partial charge in [-0.15, -0.1) is 0 Å². The average molecular weight is 241 g/mol. The molecule has 3 N–H and O–H groups in total. The molecule has 0 unspecified atom stereocenters. The van der Waals surface area contributed by atoms with E-state index in [-0.39, 0.29) is 0 Å². The van der Waals surface area contributed by atoms with Gasteiger partial charge in [-0.25, -0.2) is 4.98 Å². The Morgan fingerprint density at radius 2 is 2.11 bits per heavy atom. The SMILES string of the molecule is Cc1ccc(C)c(-c2nc(C3CC3)c(CN)[nH]2)c1. The van der Waals surface area contributed by atoms with Gasteiger partial charge in [-0.05, 0) is 38.3 Å². The Balaban J connectivity index is 2.08. The van der Waals surface area contributed by atoms with Gasteiger partial charge in [-0.3, -0.25) is 0 Å². The quantitative estimate of drug-likeness (QED) is 0.867. The molecule has 0 atom stereocenters. The van der Waals surface area contributed by atoms with Crippen LogP contribution < -0.4 is 5.73 Å². The largest absolute Gasteiger partial charge is 0.341 e. The van der Waals surface area contributed by atoms with E-state index in [2.05, 4.69) is 37.0 Å². The molecule has 0 aliphatic heterocycles. The maximum absolute atomic E-state index is 5.80. The third kappa shape index (κ3) is 1.95. The molecule has 1 aliphatic carbocycles. The number of imidazole rings is 1. The van der Waals surface area contributed by atoms with Crippen molar-refractivity contribution in [3.8, 4) is 11.4 Å². The van der Waals surface area contributed by atoms with Crippen molar-refractivity contribution in [2.75, 3.05) is 0 Å². The van der Waals surface area contributed by atoms with Gasteiger partial charge >= 0.3 is 0 Å². The molecule has 1 aliphatic rings. The Hall–Kier alpha value is -1.61. The van der Waals surface area contributed by atoms with Crippen LogP contribution in [0, 0.1) is 13.8 Å². The number of nitrogens with one attached hydrogen (secondary N) is 1. The summed E-state index contributed by atoms with van der Waals surface area (Å²) in [6.45, 7) is 4.78. The Labute approximate surface area is 107 Å². The first-order chi connectivity index (χ1) is 8.69. The summed E-state index contributed by atoms with van der Waals surface area (Å²) in [5, 5.41) is 0. The molecule has 3 rings (SSSR count). The lowest BCUT2D eigenvalue weighted by molar-refractivity contribution is 0.944. The highest BCUT2D eigenvalue weighted by atomic mass is 15.0. The maximum Gasteiger partial charge on any atom is 0.138 e. The van der Waals surface area contributed by atoms with Crippen LogP contribution in [0.4, 0.5) is 0 Å². The zero-order chi connectivity index (χ0) is 12.7. The van der Waals surface area contributed by atoms with E-state index >= 15 is 0 Å². The van der Waals surface area contributed by atoms with E-state index in [1.54, 1.807) is 0 Å². The predicted octanol–water partition coefficient (Wildman–Crippen LogP) is 3.03. The van der Waals surface area contributed by atoms with Crippen molar-refractivity contribution in [3.05, 3.63) is 40.7 Å². The number of benzene rings is 1. The molecule has 0 radical (unpaired) electrons. The summed E-state index contributed by atoms with van der Waals surface area (Å²) in [5.74, 6) is 1.61. The van der Waals surface area contributed by atoms with Gasteiger partial charge in [0.2, 0.25) is 0 Å². The van der Waals surface area contributed by atoms with E-state index in [0.717, 1.165) is 11.5 Å². The van der Waals surface area contributed by atoms with E-state index in [1.165, 1.54) is 35.2 Å². The highest BCUT2D eigenvalue weighted by Crippen LogP contribution is 2.41. The fourth-order valence-electron chi connectivity index (χ4n) is 2.39. The molecule has 94 valence electrons. The second-order valence-corrected chi connectivity index (χ2v) is 5.25. The fourth-order valence-corrected chi connectivity index (χ4v) is 2.39. The summed E-state index contributed by atoms with van der Waals surface area (Å²) in [6.07, 6.45) is 2.51. The number of nitrogens with zero attached hydrogens (tertiary/aromatic N) is 1.